The lowest BCUT2D eigenvalue weighted by Crippen LogP contribution is -2.10. The zero-order chi connectivity index (χ0) is 12.5. The number of Topliss-reactive ketones (excluding diaryl/α,β-unsaturated/α-hetero) is 1. The minimum atomic E-state index is -0.0786. The van der Waals surface area contributed by atoms with E-state index in [4.69, 9.17) is 9.47 Å². The molecule has 1 rings (SSSR count). The number of hydrogen-bond acceptors (Lipinski definition) is 5. The Bertz CT molecular complexity index is 338. The summed E-state index contributed by atoms with van der Waals surface area (Å²) in [4.78, 5) is 11.0. The van der Waals surface area contributed by atoms with Crippen LogP contribution in [0.3, 0.4) is 0 Å². The molecule has 0 aromatic carbocycles. The minimum Gasteiger partial charge on any atom is -0.379 e. The zero-order valence-electron chi connectivity index (χ0n) is 10.4. The lowest BCUT2D eigenvalue weighted by Gasteiger charge is -2.04. The Labute approximate surface area is 101 Å². The van der Waals surface area contributed by atoms with Gasteiger partial charge in [-0.1, -0.05) is 12.1 Å². The van der Waals surface area contributed by atoms with Crippen molar-refractivity contribution in [2.75, 3.05) is 26.4 Å². The fraction of sp³-hybridized carbons (Fsp3) is 0.727. The number of hydrogen-bond donors (Lipinski definition) is 0. The molecule has 1 aromatic rings. The molecule has 0 N–H and O–H groups in total. The molecule has 0 aliphatic carbocycles. The highest BCUT2D eigenvalue weighted by molar-refractivity contribution is 5.91. The van der Waals surface area contributed by atoms with Crippen molar-refractivity contribution in [1.29, 1.82) is 0 Å². The molecular formula is C11H19N3O3. The highest BCUT2D eigenvalue weighted by Crippen LogP contribution is 1.94. The van der Waals surface area contributed by atoms with Crippen molar-refractivity contribution in [3.8, 4) is 0 Å². The van der Waals surface area contributed by atoms with Crippen LogP contribution in [-0.4, -0.2) is 47.2 Å². The third-order valence-corrected chi connectivity index (χ3v) is 2.08. The molecule has 6 nitrogen and oxygen atoms in total. The second-order valence-electron chi connectivity index (χ2n) is 3.65. The van der Waals surface area contributed by atoms with Gasteiger partial charge < -0.3 is 9.47 Å². The van der Waals surface area contributed by atoms with E-state index in [1.54, 1.807) is 10.9 Å². The van der Waals surface area contributed by atoms with Gasteiger partial charge in [0.1, 0.15) is 5.69 Å². The van der Waals surface area contributed by atoms with Gasteiger partial charge in [0.05, 0.1) is 32.6 Å². The molecule has 17 heavy (non-hydrogen) atoms. The molecule has 0 aliphatic heterocycles. The first-order valence-corrected chi connectivity index (χ1v) is 5.80. The fourth-order valence-corrected chi connectivity index (χ4v) is 1.19. The molecule has 0 amide bonds. The molecule has 0 saturated carbocycles. The molecule has 0 aliphatic rings. The number of aromatic nitrogens is 3. The Kier molecular flexibility index (Phi) is 6.42. The van der Waals surface area contributed by atoms with Crippen LogP contribution < -0.4 is 0 Å². The average molecular weight is 241 g/mol. The van der Waals surface area contributed by atoms with Crippen LogP contribution in [0.1, 0.15) is 30.8 Å². The summed E-state index contributed by atoms with van der Waals surface area (Å²) in [6, 6.07) is 0. The molecule has 96 valence electrons. The van der Waals surface area contributed by atoms with Crippen molar-refractivity contribution in [3.05, 3.63) is 11.9 Å². The molecule has 0 radical (unpaired) electrons. The predicted molar refractivity (Wildman–Crippen MR) is 62.0 cm³/mol. The number of nitrogens with zero attached hydrogens (tertiary/aromatic N) is 3. The Morgan fingerprint density at radius 2 is 2.00 bits per heavy atom. The third-order valence-electron chi connectivity index (χ3n) is 2.08. The van der Waals surface area contributed by atoms with Gasteiger partial charge in [0, 0.05) is 13.5 Å². The van der Waals surface area contributed by atoms with E-state index in [1.165, 1.54) is 6.92 Å². The first kappa shape index (κ1) is 13.8. The maximum absolute atomic E-state index is 11.0. The van der Waals surface area contributed by atoms with E-state index in [-0.39, 0.29) is 5.78 Å². The lowest BCUT2D eigenvalue weighted by atomic mass is 10.3. The van der Waals surface area contributed by atoms with Crippen molar-refractivity contribution >= 4 is 5.78 Å². The molecule has 0 fully saturated rings. The van der Waals surface area contributed by atoms with E-state index in [2.05, 4.69) is 17.2 Å². The molecule has 0 atom stereocenters. The summed E-state index contributed by atoms with van der Waals surface area (Å²) in [7, 11) is 0. The van der Waals surface area contributed by atoms with Crippen LogP contribution in [0.15, 0.2) is 6.20 Å². The normalized spacial score (nSPS) is 10.7. The van der Waals surface area contributed by atoms with Crippen LogP contribution in [0.5, 0.6) is 0 Å². The Balaban J connectivity index is 2.07. The van der Waals surface area contributed by atoms with Gasteiger partial charge in [-0.2, -0.15) is 0 Å². The predicted octanol–water partition coefficient (Wildman–Crippen LogP) is 0.924. The third kappa shape index (κ3) is 5.55. The highest BCUT2D eigenvalue weighted by Gasteiger charge is 2.04. The van der Waals surface area contributed by atoms with Gasteiger partial charge in [-0.3, -0.25) is 4.79 Å². The van der Waals surface area contributed by atoms with Crippen LogP contribution >= 0.6 is 0 Å². The summed E-state index contributed by atoms with van der Waals surface area (Å²) < 4.78 is 12.2. The summed E-state index contributed by atoms with van der Waals surface area (Å²) in [6.45, 7) is 6.63. The smallest absolute Gasteiger partial charge is 0.181 e. The second-order valence-corrected chi connectivity index (χ2v) is 3.65. The second kappa shape index (κ2) is 7.92. The van der Waals surface area contributed by atoms with Gasteiger partial charge in [0.25, 0.3) is 0 Å². The van der Waals surface area contributed by atoms with Crippen molar-refractivity contribution in [3.63, 3.8) is 0 Å². The van der Waals surface area contributed by atoms with Gasteiger partial charge in [-0.15, -0.1) is 5.10 Å². The van der Waals surface area contributed by atoms with Crippen LogP contribution in [-0.2, 0) is 16.0 Å². The summed E-state index contributed by atoms with van der Waals surface area (Å²) >= 11 is 0. The summed E-state index contributed by atoms with van der Waals surface area (Å²) in [5.41, 5.74) is 0.385. The van der Waals surface area contributed by atoms with E-state index >= 15 is 0 Å². The molecule has 1 aromatic heterocycles. The molecule has 0 unspecified atom stereocenters. The zero-order valence-corrected chi connectivity index (χ0v) is 10.4. The first-order chi connectivity index (χ1) is 8.24. The van der Waals surface area contributed by atoms with Crippen LogP contribution in [0, 0.1) is 0 Å². The van der Waals surface area contributed by atoms with Crippen LogP contribution in [0.2, 0.25) is 0 Å². The maximum Gasteiger partial charge on any atom is 0.181 e. The van der Waals surface area contributed by atoms with Gasteiger partial charge in [0.2, 0.25) is 0 Å². The highest BCUT2D eigenvalue weighted by atomic mass is 16.5. The van der Waals surface area contributed by atoms with Gasteiger partial charge in [-0.05, 0) is 6.42 Å². The SMILES string of the molecule is CCCOCCOCCn1cc(C(C)=O)nn1. The van der Waals surface area contributed by atoms with Crippen molar-refractivity contribution < 1.29 is 14.3 Å². The molecule has 0 bridgehead atoms. The molecular weight excluding hydrogens is 222 g/mol. The fourth-order valence-electron chi connectivity index (χ4n) is 1.19. The Morgan fingerprint density at radius 1 is 1.29 bits per heavy atom. The number of carbonyl (C=O) groups is 1. The van der Waals surface area contributed by atoms with Crippen molar-refractivity contribution in [2.24, 2.45) is 0 Å². The van der Waals surface area contributed by atoms with Crippen molar-refractivity contribution in [1.82, 2.24) is 15.0 Å². The maximum atomic E-state index is 11.0. The first-order valence-electron chi connectivity index (χ1n) is 5.80. The number of rotatable bonds is 9. The van der Waals surface area contributed by atoms with Crippen LogP contribution in [0.4, 0.5) is 0 Å². The summed E-state index contributed by atoms with van der Waals surface area (Å²) in [5, 5.41) is 7.56. The Morgan fingerprint density at radius 3 is 2.59 bits per heavy atom. The van der Waals surface area contributed by atoms with E-state index in [1.807, 2.05) is 0 Å². The van der Waals surface area contributed by atoms with E-state index in [0.717, 1.165) is 13.0 Å². The molecule has 6 heteroatoms. The van der Waals surface area contributed by atoms with Gasteiger partial charge in [0.15, 0.2) is 5.78 Å². The lowest BCUT2D eigenvalue weighted by molar-refractivity contribution is 0.0441. The monoisotopic (exact) mass is 241 g/mol. The quantitative estimate of drug-likeness (QED) is 0.475. The van der Waals surface area contributed by atoms with E-state index in [0.29, 0.717) is 32.1 Å². The van der Waals surface area contributed by atoms with Gasteiger partial charge >= 0.3 is 0 Å². The van der Waals surface area contributed by atoms with Crippen molar-refractivity contribution in [2.45, 2.75) is 26.8 Å². The molecule has 1 heterocycles. The topological polar surface area (TPSA) is 66.2 Å². The largest absolute Gasteiger partial charge is 0.379 e. The summed E-state index contributed by atoms with van der Waals surface area (Å²) in [6.07, 6.45) is 2.64. The van der Waals surface area contributed by atoms with E-state index in [9.17, 15) is 4.79 Å². The number of ketones is 1. The van der Waals surface area contributed by atoms with E-state index < -0.39 is 0 Å². The number of carbonyl (C=O) groups excluding carboxylic acids is 1. The van der Waals surface area contributed by atoms with Gasteiger partial charge in [-0.25, -0.2) is 4.68 Å². The molecule has 0 spiro atoms. The summed E-state index contributed by atoms with van der Waals surface area (Å²) in [5.74, 6) is -0.0786. The standard InChI is InChI=1S/C11H19N3O3/c1-3-5-16-7-8-17-6-4-14-9-11(10(2)15)12-13-14/h9H,3-8H2,1-2H3. The molecule has 0 saturated heterocycles. The minimum absolute atomic E-state index is 0.0786. The van der Waals surface area contributed by atoms with Crippen LogP contribution in [0.25, 0.3) is 0 Å². The Hall–Kier alpha value is -1.27. The average Bonchev–Trinajstić information content (AvgIpc) is 2.77. The number of ether oxygens (including phenoxy) is 2.